The van der Waals surface area contributed by atoms with Crippen molar-refractivity contribution in [2.24, 2.45) is 12.0 Å². The first-order valence-corrected chi connectivity index (χ1v) is 10.9. The van der Waals surface area contributed by atoms with Gasteiger partial charge in [-0.1, -0.05) is 18.2 Å². The molecule has 32 heavy (non-hydrogen) atoms. The molecule has 0 aliphatic heterocycles. The average molecular weight is 461 g/mol. The molecule has 0 bridgehead atoms. The highest BCUT2D eigenvalue weighted by atomic mass is 32.2. The highest BCUT2D eigenvalue weighted by Gasteiger charge is 2.22. The summed E-state index contributed by atoms with van der Waals surface area (Å²) in [4.78, 5) is 27.9. The van der Waals surface area contributed by atoms with E-state index >= 15 is 0 Å². The van der Waals surface area contributed by atoms with E-state index in [0.717, 1.165) is 7.05 Å². The van der Waals surface area contributed by atoms with Gasteiger partial charge in [-0.05, 0) is 50.2 Å². The van der Waals surface area contributed by atoms with Gasteiger partial charge in [0.05, 0.1) is 17.2 Å². The Morgan fingerprint density at radius 1 is 1.03 bits per heavy atom. The van der Waals surface area contributed by atoms with Crippen LogP contribution in [0.1, 0.15) is 13.8 Å². The predicted molar refractivity (Wildman–Crippen MR) is 112 cm³/mol. The Morgan fingerprint density at radius 3 is 2.25 bits per heavy atom. The number of nitrogens with zero attached hydrogens (tertiary/aromatic N) is 3. The van der Waals surface area contributed by atoms with E-state index in [1.807, 2.05) is 13.8 Å². The number of rotatable bonds is 5. The molecule has 0 saturated heterocycles. The molecule has 1 aromatic heterocycles. The standard InChI is InChI=1S/C21H20FN3O6S/c1-14(2)30-16-9-11-17(12-10-16)32(28,29)25-13-18(22)19(24(3)21(25)27)23-20(26)31-15-7-5-4-6-8-15/h4-14H,1-3H3/b23-19+. The molecular weight excluding hydrogens is 441 g/mol. The molecule has 168 valence electrons. The van der Waals surface area contributed by atoms with Gasteiger partial charge in [0.1, 0.15) is 11.5 Å². The van der Waals surface area contributed by atoms with E-state index in [4.69, 9.17) is 9.47 Å². The first kappa shape index (κ1) is 22.9. The maximum absolute atomic E-state index is 14.7. The molecule has 1 heterocycles. The molecular formula is C21H20FN3O6S. The number of carbonyl (C=O) groups is 1. The fourth-order valence-corrected chi connectivity index (χ4v) is 3.96. The number of benzene rings is 2. The van der Waals surface area contributed by atoms with Crippen molar-refractivity contribution in [2.75, 3.05) is 0 Å². The van der Waals surface area contributed by atoms with Crippen molar-refractivity contribution >= 4 is 16.1 Å². The molecule has 0 N–H and O–H groups in total. The van der Waals surface area contributed by atoms with E-state index in [-0.39, 0.29) is 20.7 Å². The second-order valence-electron chi connectivity index (χ2n) is 6.87. The molecule has 0 radical (unpaired) electrons. The highest BCUT2D eigenvalue weighted by Crippen LogP contribution is 2.18. The Balaban J connectivity index is 1.99. The topological polar surface area (TPSA) is 109 Å². The maximum atomic E-state index is 14.7. The van der Waals surface area contributed by atoms with Crippen LogP contribution in [0.2, 0.25) is 0 Å². The lowest BCUT2D eigenvalue weighted by Gasteiger charge is -2.12. The van der Waals surface area contributed by atoms with Crippen molar-refractivity contribution in [1.29, 1.82) is 0 Å². The summed E-state index contributed by atoms with van der Waals surface area (Å²) in [6.07, 6.45) is -0.824. The Kier molecular flexibility index (Phi) is 6.58. The Bertz CT molecular complexity index is 1360. The molecule has 0 saturated carbocycles. The van der Waals surface area contributed by atoms with Crippen molar-refractivity contribution in [3.8, 4) is 11.5 Å². The number of amides is 1. The average Bonchev–Trinajstić information content (AvgIpc) is 2.74. The molecule has 0 aliphatic rings. The minimum atomic E-state index is -4.42. The zero-order valence-corrected chi connectivity index (χ0v) is 18.2. The van der Waals surface area contributed by atoms with Crippen LogP contribution in [0.3, 0.4) is 0 Å². The number of ether oxygens (including phenoxy) is 2. The molecule has 1 amide bonds. The summed E-state index contributed by atoms with van der Waals surface area (Å²) in [5.74, 6) is -0.598. The van der Waals surface area contributed by atoms with Crippen molar-refractivity contribution in [3.63, 3.8) is 0 Å². The first-order valence-electron chi connectivity index (χ1n) is 9.41. The number of carbonyl (C=O) groups excluding carboxylic acids is 1. The fraction of sp³-hybridized carbons (Fsp3) is 0.190. The van der Waals surface area contributed by atoms with E-state index in [1.165, 1.54) is 36.4 Å². The van der Waals surface area contributed by atoms with Crippen LogP contribution in [0.15, 0.2) is 75.5 Å². The minimum Gasteiger partial charge on any atom is -0.491 e. The SMILES string of the molecule is CC(C)Oc1ccc(S(=O)(=O)n2cc(F)/c(=N\C(=O)Oc3ccccc3)n(C)c2=O)cc1. The lowest BCUT2D eigenvalue weighted by Crippen LogP contribution is -2.43. The summed E-state index contributed by atoms with van der Waals surface area (Å²) < 4.78 is 51.7. The summed E-state index contributed by atoms with van der Waals surface area (Å²) in [5.41, 5.74) is -1.80. The van der Waals surface area contributed by atoms with E-state index in [2.05, 4.69) is 4.99 Å². The quantitative estimate of drug-likeness (QED) is 0.577. The van der Waals surface area contributed by atoms with Gasteiger partial charge in [-0.2, -0.15) is 8.96 Å². The Labute approximate surface area is 183 Å². The van der Waals surface area contributed by atoms with E-state index in [9.17, 15) is 22.4 Å². The third-order valence-electron chi connectivity index (χ3n) is 4.14. The molecule has 2 aromatic carbocycles. The van der Waals surface area contributed by atoms with Crippen LogP contribution in [0.5, 0.6) is 11.5 Å². The molecule has 3 aromatic rings. The van der Waals surface area contributed by atoms with Crippen LogP contribution in [0.4, 0.5) is 9.18 Å². The third-order valence-corrected chi connectivity index (χ3v) is 5.78. The minimum absolute atomic E-state index is 0.113. The highest BCUT2D eigenvalue weighted by molar-refractivity contribution is 7.90. The second kappa shape index (κ2) is 9.18. The van der Waals surface area contributed by atoms with Crippen molar-refractivity contribution in [1.82, 2.24) is 8.54 Å². The summed E-state index contributed by atoms with van der Waals surface area (Å²) in [5, 5.41) is 0. The molecule has 9 nitrogen and oxygen atoms in total. The molecule has 3 rings (SSSR count). The Hall–Kier alpha value is -3.73. The first-order chi connectivity index (χ1) is 15.1. The van der Waals surface area contributed by atoms with Crippen LogP contribution in [-0.2, 0) is 17.1 Å². The number of hydrogen-bond acceptors (Lipinski definition) is 6. The molecule has 11 heteroatoms. The largest absolute Gasteiger partial charge is 0.491 e. The summed E-state index contributed by atoms with van der Waals surface area (Å²) in [6.45, 7) is 3.63. The van der Waals surface area contributed by atoms with E-state index in [0.29, 0.717) is 16.5 Å². The molecule has 0 spiro atoms. The van der Waals surface area contributed by atoms with Crippen LogP contribution in [0.25, 0.3) is 0 Å². The fourth-order valence-electron chi connectivity index (χ4n) is 2.69. The van der Waals surface area contributed by atoms with Gasteiger partial charge < -0.3 is 9.47 Å². The van der Waals surface area contributed by atoms with Gasteiger partial charge in [-0.25, -0.2) is 22.4 Å². The second-order valence-corrected chi connectivity index (χ2v) is 8.69. The number of hydrogen-bond donors (Lipinski definition) is 0. The van der Waals surface area contributed by atoms with E-state index < -0.39 is 33.1 Å². The number of para-hydroxylation sites is 1. The van der Waals surface area contributed by atoms with E-state index in [1.54, 1.807) is 18.2 Å². The smallest absolute Gasteiger partial charge is 0.441 e. The van der Waals surface area contributed by atoms with Crippen LogP contribution >= 0.6 is 0 Å². The zero-order valence-electron chi connectivity index (χ0n) is 17.4. The van der Waals surface area contributed by atoms with Gasteiger partial charge in [-0.3, -0.25) is 4.57 Å². The summed E-state index contributed by atoms with van der Waals surface area (Å²) >= 11 is 0. The molecule has 0 unspecified atom stereocenters. The Morgan fingerprint density at radius 2 is 1.66 bits per heavy atom. The van der Waals surface area contributed by atoms with Gasteiger partial charge in [-0.15, -0.1) is 0 Å². The van der Waals surface area contributed by atoms with Crippen molar-refractivity contribution in [2.45, 2.75) is 24.8 Å². The number of halogens is 1. The third kappa shape index (κ3) is 4.94. The van der Waals surface area contributed by atoms with Gasteiger partial charge in [0.15, 0.2) is 11.3 Å². The van der Waals surface area contributed by atoms with Crippen LogP contribution in [0, 0.1) is 5.82 Å². The van der Waals surface area contributed by atoms with Gasteiger partial charge in [0, 0.05) is 7.05 Å². The van der Waals surface area contributed by atoms with Gasteiger partial charge in [0.2, 0.25) is 0 Å². The lowest BCUT2D eigenvalue weighted by atomic mass is 10.3. The monoisotopic (exact) mass is 461 g/mol. The van der Waals surface area contributed by atoms with Gasteiger partial charge in [0.25, 0.3) is 10.0 Å². The predicted octanol–water partition coefficient (Wildman–Crippen LogP) is 2.45. The zero-order chi connectivity index (χ0) is 23.5. The summed E-state index contributed by atoms with van der Waals surface area (Å²) in [7, 11) is -3.33. The maximum Gasteiger partial charge on any atom is 0.441 e. The van der Waals surface area contributed by atoms with Crippen molar-refractivity contribution in [3.05, 3.63) is 82.6 Å². The van der Waals surface area contributed by atoms with Crippen molar-refractivity contribution < 1.29 is 27.1 Å². The summed E-state index contributed by atoms with van der Waals surface area (Å²) in [6, 6.07) is 13.3. The molecule has 0 atom stereocenters. The normalized spacial score (nSPS) is 12.1. The van der Waals surface area contributed by atoms with Gasteiger partial charge >= 0.3 is 11.8 Å². The molecule has 0 fully saturated rings. The van der Waals surface area contributed by atoms with Crippen LogP contribution in [-0.4, -0.2) is 29.2 Å². The number of aromatic nitrogens is 2. The molecule has 0 aliphatic carbocycles. The van der Waals surface area contributed by atoms with Crippen LogP contribution < -0.4 is 20.7 Å². The lowest BCUT2D eigenvalue weighted by molar-refractivity contribution is 0.209.